The maximum absolute atomic E-state index is 5.39. The largest absolute Gasteiger partial charge is 0.496 e. The van der Waals surface area contributed by atoms with Crippen LogP contribution in [0.4, 0.5) is 0 Å². The van der Waals surface area contributed by atoms with Gasteiger partial charge in [-0.15, -0.1) is 8.58 Å². The lowest BCUT2D eigenvalue weighted by Crippen LogP contribution is -2.06. The smallest absolute Gasteiger partial charge is 0.122 e. The molecule has 0 bridgehead atoms. The summed E-state index contributed by atoms with van der Waals surface area (Å²) in [6.07, 6.45) is 8.46. The summed E-state index contributed by atoms with van der Waals surface area (Å²) in [6.45, 7) is 0. The maximum atomic E-state index is 5.39. The molecule has 0 aromatic heterocycles. The maximum Gasteiger partial charge on any atom is 0.122 e. The molecule has 2 heteroatoms. The average Bonchev–Trinajstić information content (AvgIpc) is 2.38. The third-order valence-corrected chi connectivity index (χ3v) is 5.12. The van der Waals surface area contributed by atoms with Crippen LogP contribution >= 0.6 is 8.58 Å². The lowest BCUT2D eigenvalue weighted by Gasteiger charge is -2.21. The normalized spacial score (nSPS) is 18.1. The second-order valence-electron chi connectivity index (χ2n) is 4.53. The zero-order valence-electron chi connectivity index (χ0n) is 10.0. The molecular formula is C14H21OP. The highest BCUT2D eigenvalue weighted by molar-refractivity contribution is 7.38. The third-order valence-electron chi connectivity index (χ3n) is 3.38. The van der Waals surface area contributed by atoms with E-state index in [2.05, 4.69) is 18.2 Å². The molecule has 1 unspecified atom stereocenters. The van der Waals surface area contributed by atoms with Crippen molar-refractivity contribution in [2.75, 3.05) is 7.11 Å². The number of para-hydroxylation sites is 1. The van der Waals surface area contributed by atoms with Crippen LogP contribution in [-0.2, 0) is 6.16 Å². The van der Waals surface area contributed by atoms with E-state index in [1.807, 2.05) is 6.07 Å². The van der Waals surface area contributed by atoms with Crippen molar-refractivity contribution in [3.63, 3.8) is 0 Å². The molecule has 1 aliphatic rings. The van der Waals surface area contributed by atoms with Gasteiger partial charge in [0.25, 0.3) is 0 Å². The number of benzene rings is 1. The van der Waals surface area contributed by atoms with Gasteiger partial charge < -0.3 is 4.74 Å². The molecule has 1 atom stereocenters. The van der Waals surface area contributed by atoms with E-state index in [9.17, 15) is 0 Å². The first-order valence-corrected chi connectivity index (χ1v) is 7.54. The minimum absolute atomic E-state index is 0.985. The van der Waals surface area contributed by atoms with E-state index in [0.29, 0.717) is 0 Å². The van der Waals surface area contributed by atoms with Gasteiger partial charge in [-0.1, -0.05) is 37.5 Å². The van der Waals surface area contributed by atoms with E-state index in [4.69, 9.17) is 4.74 Å². The van der Waals surface area contributed by atoms with Crippen molar-refractivity contribution in [1.82, 2.24) is 0 Å². The van der Waals surface area contributed by atoms with Crippen LogP contribution in [0.25, 0.3) is 0 Å². The van der Waals surface area contributed by atoms with Crippen LogP contribution in [0.2, 0.25) is 0 Å². The average molecular weight is 236 g/mol. The molecule has 0 aliphatic heterocycles. The number of rotatable bonds is 4. The predicted octanol–water partition coefficient (Wildman–Crippen LogP) is 4.21. The Morgan fingerprint density at radius 2 is 1.94 bits per heavy atom. The lowest BCUT2D eigenvalue weighted by molar-refractivity contribution is 0.411. The van der Waals surface area contributed by atoms with Gasteiger partial charge in [-0.2, -0.15) is 0 Å². The molecule has 1 aliphatic carbocycles. The number of methoxy groups -OCH3 is 1. The van der Waals surface area contributed by atoms with Crippen molar-refractivity contribution in [2.24, 2.45) is 0 Å². The van der Waals surface area contributed by atoms with Crippen LogP contribution in [-0.4, -0.2) is 12.8 Å². The van der Waals surface area contributed by atoms with Gasteiger partial charge in [-0.25, -0.2) is 0 Å². The lowest BCUT2D eigenvalue weighted by atomic mass is 10.0. The second kappa shape index (κ2) is 6.25. The summed E-state index contributed by atoms with van der Waals surface area (Å²) in [5, 5.41) is 0. The third kappa shape index (κ3) is 3.22. The molecule has 1 saturated carbocycles. The van der Waals surface area contributed by atoms with Crippen LogP contribution in [0, 0.1) is 0 Å². The fourth-order valence-corrected chi connectivity index (χ4v) is 4.03. The SMILES string of the molecule is COc1ccccc1CPC1CCCCC1. The highest BCUT2D eigenvalue weighted by Gasteiger charge is 2.13. The Kier molecular flexibility index (Phi) is 4.66. The van der Waals surface area contributed by atoms with Crippen LogP contribution < -0.4 is 4.74 Å². The summed E-state index contributed by atoms with van der Waals surface area (Å²) < 4.78 is 5.39. The van der Waals surface area contributed by atoms with Crippen molar-refractivity contribution in [3.8, 4) is 5.75 Å². The van der Waals surface area contributed by atoms with Gasteiger partial charge in [-0.3, -0.25) is 0 Å². The second-order valence-corrected chi connectivity index (χ2v) is 6.11. The summed E-state index contributed by atoms with van der Waals surface area (Å²) in [5.41, 5.74) is 2.37. The first kappa shape index (κ1) is 11.9. The molecule has 0 N–H and O–H groups in total. The Morgan fingerprint density at radius 1 is 1.19 bits per heavy atom. The molecule has 2 rings (SSSR count). The molecule has 0 heterocycles. The van der Waals surface area contributed by atoms with Crippen molar-refractivity contribution in [2.45, 2.75) is 43.9 Å². The Bertz CT molecular complexity index is 318. The minimum Gasteiger partial charge on any atom is -0.496 e. The van der Waals surface area contributed by atoms with Gasteiger partial charge in [-0.05, 0) is 36.3 Å². The fraction of sp³-hybridized carbons (Fsp3) is 0.571. The molecule has 0 radical (unpaired) electrons. The summed E-state index contributed by atoms with van der Waals surface area (Å²) in [7, 11) is 2.84. The van der Waals surface area contributed by atoms with Gasteiger partial charge in [0.2, 0.25) is 0 Å². The Morgan fingerprint density at radius 3 is 2.69 bits per heavy atom. The first-order valence-electron chi connectivity index (χ1n) is 6.25. The van der Waals surface area contributed by atoms with Crippen LogP contribution in [0.1, 0.15) is 37.7 Å². The molecule has 1 fully saturated rings. The van der Waals surface area contributed by atoms with E-state index >= 15 is 0 Å². The van der Waals surface area contributed by atoms with E-state index in [1.54, 1.807) is 7.11 Å². The van der Waals surface area contributed by atoms with Gasteiger partial charge >= 0.3 is 0 Å². The standard InChI is InChI=1S/C14H21OP/c1-15-14-10-6-5-7-12(14)11-16-13-8-3-2-4-9-13/h5-7,10,13,16H,2-4,8-9,11H2,1H3. The van der Waals surface area contributed by atoms with Crippen molar-refractivity contribution in [1.29, 1.82) is 0 Å². The Hall–Kier alpha value is -0.550. The molecule has 1 nitrogen and oxygen atoms in total. The van der Waals surface area contributed by atoms with E-state index in [1.165, 1.54) is 43.8 Å². The molecule has 0 spiro atoms. The predicted molar refractivity (Wildman–Crippen MR) is 71.9 cm³/mol. The van der Waals surface area contributed by atoms with Gasteiger partial charge in [0.05, 0.1) is 7.11 Å². The highest BCUT2D eigenvalue weighted by atomic mass is 31.1. The van der Waals surface area contributed by atoms with Crippen molar-refractivity contribution >= 4 is 8.58 Å². The molecule has 0 saturated heterocycles. The first-order chi connectivity index (χ1) is 7.90. The highest BCUT2D eigenvalue weighted by Crippen LogP contribution is 2.36. The quantitative estimate of drug-likeness (QED) is 0.712. The van der Waals surface area contributed by atoms with Crippen LogP contribution in [0.15, 0.2) is 24.3 Å². The van der Waals surface area contributed by atoms with E-state index < -0.39 is 0 Å². The van der Waals surface area contributed by atoms with Crippen molar-refractivity contribution in [3.05, 3.63) is 29.8 Å². The van der Waals surface area contributed by atoms with Gasteiger partial charge in [0.1, 0.15) is 5.75 Å². The Balaban J connectivity index is 1.88. The summed E-state index contributed by atoms with van der Waals surface area (Å²) in [6, 6.07) is 8.44. The number of ether oxygens (including phenoxy) is 1. The van der Waals surface area contributed by atoms with Crippen LogP contribution in [0.3, 0.4) is 0 Å². The summed E-state index contributed by atoms with van der Waals surface area (Å²) in [5.74, 6) is 1.06. The van der Waals surface area contributed by atoms with Gasteiger partial charge in [0.15, 0.2) is 0 Å². The zero-order chi connectivity index (χ0) is 11.2. The topological polar surface area (TPSA) is 9.23 Å². The number of hydrogen-bond acceptors (Lipinski definition) is 1. The fourth-order valence-electron chi connectivity index (χ4n) is 2.41. The molecule has 0 amide bonds. The van der Waals surface area contributed by atoms with Crippen molar-refractivity contribution < 1.29 is 4.74 Å². The summed E-state index contributed by atoms with van der Waals surface area (Å²) in [4.78, 5) is 0. The molecule has 1 aromatic rings. The molecular weight excluding hydrogens is 215 g/mol. The minimum atomic E-state index is 0.985. The monoisotopic (exact) mass is 236 g/mol. The number of hydrogen-bond donors (Lipinski definition) is 0. The molecule has 16 heavy (non-hydrogen) atoms. The molecule has 88 valence electrons. The summed E-state index contributed by atoms with van der Waals surface area (Å²) >= 11 is 0. The Labute approximate surface area is 100 Å². The van der Waals surface area contributed by atoms with Crippen LogP contribution in [0.5, 0.6) is 5.75 Å². The van der Waals surface area contributed by atoms with E-state index in [0.717, 1.165) is 20.0 Å². The van der Waals surface area contributed by atoms with Gasteiger partial charge in [0, 0.05) is 0 Å². The van der Waals surface area contributed by atoms with E-state index in [-0.39, 0.29) is 0 Å². The molecule has 1 aromatic carbocycles. The zero-order valence-corrected chi connectivity index (χ0v) is 11.0.